The van der Waals surface area contributed by atoms with Crippen molar-refractivity contribution in [3.8, 4) is 0 Å². The molecule has 0 N–H and O–H groups in total. The second-order valence-electron chi connectivity index (χ2n) is 17.7. The molecule has 2 heterocycles. The van der Waals surface area contributed by atoms with Crippen molar-refractivity contribution in [2.24, 2.45) is 17.3 Å². The van der Waals surface area contributed by atoms with Crippen molar-refractivity contribution in [3.05, 3.63) is 131 Å². The van der Waals surface area contributed by atoms with E-state index in [1.807, 2.05) is 33.5 Å². The van der Waals surface area contributed by atoms with Crippen molar-refractivity contribution in [1.29, 1.82) is 0 Å². The van der Waals surface area contributed by atoms with Crippen LogP contribution in [0.4, 0.5) is 11.4 Å². The third-order valence-corrected chi connectivity index (χ3v) is 12.0. The first-order valence-electron chi connectivity index (χ1n) is 21.3. The lowest BCUT2D eigenvalue weighted by Crippen LogP contribution is -2.28. The molecule has 300 valence electrons. The number of halogens is 1. The first-order valence-corrected chi connectivity index (χ1v) is 22.9. The van der Waals surface area contributed by atoms with Crippen LogP contribution in [-0.2, 0) is 10.8 Å². The van der Waals surface area contributed by atoms with Crippen LogP contribution in [0.3, 0.4) is 0 Å². The Labute approximate surface area is 350 Å². The molecule has 0 radical (unpaired) electrons. The van der Waals surface area contributed by atoms with Gasteiger partial charge in [0.25, 0.3) is 0 Å². The van der Waals surface area contributed by atoms with Crippen LogP contribution in [0.5, 0.6) is 0 Å². The molecule has 2 aliphatic heterocycles. The van der Waals surface area contributed by atoms with Crippen LogP contribution in [0.25, 0.3) is 21.5 Å². The second-order valence-corrected chi connectivity index (χ2v) is 17.7. The van der Waals surface area contributed by atoms with Gasteiger partial charge in [-0.25, -0.2) is 0 Å². The molecule has 2 nitrogen and oxygen atoms in total. The van der Waals surface area contributed by atoms with Gasteiger partial charge in [-0.2, -0.15) is 4.58 Å². The molecule has 4 aromatic carbocycles. The van der Waals surface area contributed by atoms with Crippen LogP contribution >= 0.6 is 15.9 Å². The van der Waals surface area contributed by atoms with E-state index in [4.69, 9.17) is 0 Å². The summed E-state index contributed by atoms with van der Waals surface area (Å²) >= 11 is 2.94. The highest BCUT2D eigenvalue weighted by molar-refractivity contribution is 9.08. The zero-order chi connectivity index (χ0) is 41.6. The zero-order valence-corrected chi connectivity index (χ0v) is 39.2. The van der Waals surface area contributed by atoms with Gasteiger partial charge in [-0.3, -0.25) is 0 Å². The van der Waals surface area contributed by atoms with Crippen LogP contribution in [-0.4, -0.2) is 29.7 Å². The molecule has 0 aromatic heterocycles. The Kier molecular flexibility index (Phi) is 15.0. The summed E-state index contributed by atoms with van der Waals surface area (Å²) in [6, 6.07) is 27.0. The largest absolute Gasteiger partial charge is 0.344 e. The minimum Gasteiger partial charge on any atom is -0.344 e. The van der Waals surface area contributed by atoms with Crippen molar-refractivity contribution < 1.29 is 4.58 Å². The van der Waals surface area contributed by atoms with Crippen LogP contribution in [0, 0.1) is 17.3 Å². The third-order valence-electron chi connectivity index (χ3n) is 12.0. The highest BCUT2D eigenvalue weighted by Gasteiger charge is 2.44. The molecule has 3 heteroatoms. The number of hydrogen-bond donors (Lipinski definition) is 0. The summed E-state index contributed by atoms with van der Waals surface area (Å²) in [6.45, 7) is 30.6. The number of nitrogens with zero attached hydrogens (tertiary/aromatic N) is 2. The van der Waals surface area contributed by atoms with Gasteiger partial charge in [0.05, 0.1) is 5.41 Å². The maximum Gasteiger partial charge on any atom is 0.210 e. The molecule has 4 aromatic rings. The molecule has 0 amide bonds. The summed E-state index contributed by atoms with van der Waals surface area (Å²) in [5, 5.41) is 5.38. The SMILES string of the molecule is CBr.CC.CC.CC(C)CCN1/C(=C/C=C2C=C(/C=C/C3=[N+](C)c4ccc5ccccc5c4C3(C)C)CC(C(C)(C)C)C/2)C(C)(C)c2c1ccc1ccccc21. The van der Waals surface area contributed by atoms with E-state index in [0.717, 1.165) is 19.4 Å². The van der Waals surface area contributed by atoms with Crippen LogP contribution in [0.1, 0.15) is 120 Å². The fourth-order valence-electron chi connectivity index (χ4n) is 9.07. The zero-order valence-electron chi connectivity index (χ0n) is 37.6. The Bertz CT molecular complexity index is 2140. The van der Waals surface area contributed by atoms with E-state index in [0.29, 0.717) is 11.8 Å². The number of allylic oxidation sites excluding steroid dienone is 8. The van der Waals surface area contributed by atoms with Crippen LogP contribution in [0.15, 0.2) is 120 Å². The van der Waals surface area contributed by atoms with Crippen molar-refractivity contribution in [1.82, 2.24) is 0 Å². The predicted octanol–water partition coefficient (Wildman–Crippen LogP) is 15.7. The summed E-state index contributed by atoms with van der Waals surface area (Å²) in [6.07, 6.45) is 15.6. The number of rotatable bonds is 6. The van der Waals surface area contributed by atoms with E-state index in [1.54, 1.807) is 0 Å². The minimum absolute atomic E-state index is 0.0874. The van der Waals surface area contributed by atoms with Crippen molar-refractivity contribution >= 4 is 54.6 Å². The highest BCUT2D eigenvalue weighted by Crippen LogP contribution is 2.51. The van der Waals surface area contributed by atoms with Gasteiger partial charge < -0.3 is 4.90 Å². The Morgan fingerprint density at radius 3 is 1.91 bits per heavy atom. The summed E-state index contributed by atoms with van der Waals surface area (Å²) in [5.74, 6) is 3.04. The highest BCUT2D eigenvalue weighted by atomic mass is 79.9. The molecule has 1 aliphatic carbocycles. The number of hydrogen-bond acceptors (Lipinski definition) is 1. The fraction of sp³-hybridized carbons (Fsp3) is 0.453. The second kappa shape index (κ2) is 18.7. The molecule has 7 rings (SSSR count). The predicted molar refractivity (Wildman–Crippen MR) is 255 cm³/mol. The van der Waals surface area contributed by atoms with E-state index >= 15 is 0 Å². The van der Waals surface area contributed by atoms with Gasteiger partial charge in [-0.15, -0.1) is 0 Å². The van der Waals surface area contributed by atoms with Crippen molar-refractivity contribution in [3.63, 3.8) is 0 Å². The lowest BCUT2D eigenvalue weighted by molar-refractivity contribution is -0.401. The van der Waals surface area contributed by atoms with E-state index in [1.165, 1.54) is 73.0 Å². The Balaban J connectivity index is 0.00000111. The molecule has 0 saturated heterocycles. The molecule has 0 bridgehead atoms. The maximum absolute atomic E-state index is 2.94. The number of anilines is 1. The van der Waals surface area contributed by atoms with Gasteiger partial charge in [0, 0.05) is 41.1 Å². The van der Waals surface area contributed by atoms with E-state index in [2.05, 4.69) is 198 Å². The van der Waals surface area contributed by atoms with Crippen molar-refractivity contribution in [2.75, 3.05) is 24.3 Å². The van der Waals surface area contributed by atoms with Gasteiger partial charge in [0.1, 0.15) is 7.05 Å². The molecule has 3 aliphatic rings. The van der Waals surface area contributed by atoms with E-state index in [-0.39, 0.29) is 16.2 Å². The van der Waals surface area contributed by atoms with E-state index in [9.17, 15) is 0 Å². The minimum atomic E-state index is -0.0940. The monoisotopic (exact) mass is 815 g/mol. The Hall–Kier alpha value is -3.69. The normalized spacial score (nSPS) is 19.7. The lowest BCUT2D eigenvalue weighted by atomic mass is 9.70. The summed E-state index contributed by atoms with van der Waals surface area (Å²) in [4.78, 5) is 2.63. The molecular weight excluding hydrogens is 745 g/mol. The average Bonchev–Trinajstić information content (AvgIpc) is 3.54. The van der Waals surface area contributed by atoms with Crippen LogP contribution in [0.2, 0.25) is 0 Å². The molecular formula is C53H72BrN2+. The van der Waals surface area contributed by atoms with Gasteiger partial charge in [0.15, 0.2) is 5.71 Å². The number of alkyl halides is 1. The average molecular weight is 817 g/mol. The van der Waals surface area contributed by atoms with Gasteiger partial charge in [-0.1, -0.05) is 165 Å². The Morgan fingerprint density at radius 2 is 1.32 bits per heavy atom. The molecule has 56 heavy (non-hydrogen) atoms. The molecule has 1 unspecified atom stereocenters. The summed E-state index contributed by atoms with van der Waals surface area (Å²) < 4.78 is 2.42. The first kappa shape index (κ1) is 45.0. The van der Waals surface area contributed by atoms with Gasteiger partial charge in [-0.05, 0) is 113 Å². The smallest absolute Gasteiger partial charge is 0.210 e. The van der Waals surface area contributed by atoms with Crippen molar-refractivity contribution in [2.45, 2.75) is 120 Å². The van der Waals surface area contributed by atoms with Gasteiger partial charge in [0.2, 0.25) is 5.69 Å². The van der Waals surface area contributed by atoms with Crippen LogP contribution < -0.4 is 4.90 Å². The Morgan fingerprint density at radius 1 is 0.750 bits per heavy atom. The fourth-order valence-corrected chi connectivity index (χ4v) is 9.07. The number of benzene rings is 4. The first-order chi connectivity index (χ1) is 26.7. The van der Waals surface area contributed by atoms with Gasteiger partial charge >= 0.3 is 0 Å². The molecule has 1 atom stereocenters. The lowest BCUT2D eigenvalue weighted by Gasteiger charge is -2.34. The van der Waals surface area contributed by atoms with E-state index < -0.39 is 0 Å². The summed E-state index contributed by atoms with van der Waals surface area (Å²) in [7, 11) is 2.24. The number of fused-ring (bicyclic) bond motifs is 6. The standard InChI is InChI=1S/C48H57N2.2C2H6.CH3Br/c1-32(2)27-28-50-41-24-22-36-16-12-14-18-39(36)45(41)48(8,9)43(50)26-20-34-29-33(30-37(31-34)46(3,4)5)19-25-42-47(6,7)44-38-17-13-11-15-35(38)21-23-40(44)49(42)10;3*1-2/h11-26,29,32,37H,27-28,30-31H2,1-10H3;2*1-2H3;1H3/q+1;;;. The maximum atomic E-state index is 2.94. The summed E-state index contributed by atoms with van der Waals surface area (Å²) in [5.41, 5.74) is 11.3. The topological polar surface area (TPSA) is 6.25 Å². The molecule has 0 fully saturated rings. The third kappa shape index (κ3) is 8.89. The molecule has 0 saturated carbocycles. The molecule has 0 spiro atoms. The quantitative estimate of drug-likeness (QED) is 0.139.